The Morgan fingerprint density at radius 3 is 2.26 bits per heavy atom. The second-order valence-corrected chi connectivity index (χ2v) is 7.21. The third-order valence-corrected chi connectivity index (χ3v) is 5.22. The van der Waals surface area contributed by atoms with Gasteiger partial charge in [-0.3, -0.25) is 0 Å². The molecule has 5 nitrogen and oxygen atoms in total. The van der Waals surface area contributed by atoms with Crippen LogP contribution in [0.1, 0.15) is 51.9 Å². The van der Waals surface area contributed by atoms with Gasteiger partial charge in [-0.2, -0.15) is 0 Å². The molecule has 0 atom stereocenters. The van der Waals surface area contributed by atoms with Crippen LogP contribution in [0.25, 0.3) is 0 Å². The second kappa shape index (κ2) is 8.19. The van der Waals surface area contributed by atoms with Gasteiger partial charge in [0.15, 0.2) is 0 Å². The summed E-state index contributed by atoms with van der Waals surface area (Å²) >= 11 is 0. The van der Waals surface area contributed by atoms with E-state index in [-0.39, 0.29) is 12.4 Å². The molecule has 0 spiro atoms. The number of sulfonamides is 1. The summed E-state index contributed by atoms with van der Waals surface area (Å²) in [5.41, 5.74) is 5.42. The van der Waals surface area contributed by atoms with Gasteiger partial charge in [-0.1, -0.05) is 32.1 Å². The van der Waals surface area contributed by atoms with Crippen LogP contribution < -0.4 is 10.5 Å². The number of nitrogens with two attached hydrogens (primary N) is 1. The minimum atomic E-state index is -3.31. The van der Waals surface area contributed by atoms with Crippen molar-refractivity contribution < 1.29 is 13.2 Å². The van der Waals surface area contributed by atoms with Gasteiger partial charge in [-0.15, -0.1) is 0 Å². The fourth-order valence-corrected chi connectivity index (χ4v) is 4.01. The highest BCUT2D eigenvalue weighted by Gasteiger charge is 2.32. The molecule has 0 bridgehead atoms. The molecule has 0 saturated heterocycles. The summed E-state index contributed by atoms with van der Waals surface area (Å²) in [5.74, 6) is 0.0165. The van der Waals surface area contributed by atoms with Crippen LogP contribution in [0.15, 0.2) is 0 Å². The minimum absolute atomic E-state index is 0.0165. The summed E-state index contributed by atoms with van der Waals surface area (Å²) in [6.45, 7) is 3.02. The normalized spacial score (nSPS) is 20.7. The molecule has 0 aromatic rings. The molecule has 3 N–H and O–H groups in total. The molecule has 1 aliphatic carbocycles. The van der Waals surface area contributed by atoms with Crippen LogP contribution in [-0.2, 0) is 14.8 Å². The minimum Gasteiger partial charge on any atom is -0.381 e. The van der Waals surface area contributed by atoms with Gasteiger partial charge < -0.3 is 10.5 Å². The molecule has 1 fully saturated rings. The standard InChI is InChI=1S/C13H28N2O3S/c1-2-18-10-11-19(16,17)15-13(12-14)8-6-4-3-5-7-9-13/h15H,2-12,14H2,1H3. The monoisotopic (exact) mass is 292 g/mol. The van der Waals surface area contributed by atoms with Crippen LogP contribution in [0.2, 0.25) is 0 Å². The van der Waals surface area contributed by atoms with E-state index in [9.17, 15) is 8.42 Å². The van der Waals surface area contributed by atoms with Crippen LogP contribution in [0.5, 0.6) is 0 Å². The fraction of sp³-hybridized carbons (Fsp3) is 1.00. The average molecular weight is 292 g/mol. The molecule has 1 rings (SSSR count). The molecule has 0 heterocycles. The lowest BCUT2D eigenvalue weighted by Gasteiger charge is -2.35. The SMILES string of the molecule is CCOCCS(=O)(=O)NC1(CN)CCCCCCC1. The lowest BCUT2D eigenvalue weighted by Crippen LogP contribution is -2.54. The van der Waals surface area contributed by atoms with Crippen molar-refractivity contribution in [3.8, 4) is 0 Å². The Bertz CT molecular complexity index is 336. The Balaban J connectivity index is 2.61. The van der Waals surface area contributed by atoms with Crippen molar-refractivity contribution in [3.63, 3.8) is 0 Å². The summed E-state index contributed by atoms with van der Waals surface area (Å²) in [5, 5.41) is 0. The second-order valence-electron chi connectivity index (χ2n) is 5.37. The molecule has 0 aromatic heterocycles. The number of ether oxygens (including phenoxy) is 1. The summed E-state index contributed by atoms with van der Waals surface area (Å²) in [4.78, 5) is 0. The van der Waals surface area contributed by atoms with Crippen LogP contribution in [0.4, 0.5) is 0 Å². The lowest BCUT2D eigenvalue weighted by atomic mass is 9.85. The van der Waals surface area contributed by atoms with E-state index in [1.807, 2.05) is 6.92 Å². The third kappa shape index (κ3) is 6.21. The highest BCUT2D eigenvalue weighted by atomic mass is 32.2. The molecule has 0 aliphatic heterocycles. The molecule has 0 aromatic carbocycles. The topological polar surface area (TPSA) is 81.4 Å². The summed E-state index contributed by atoms with van der Waals surface area (Å²) in [6, 6.07) is 0. The molecule has 114 valence electrons. The molecule has 1 aliphatic rings. The highest BCUT2D eigenvalue weighted by molar-refractivity contribution is 7.89. The predicted octanol–water partition coefficient (Wildman–Crippen LogP) is 1.38. The maximum absolute atomic E-state index is 12.1. The van der Waals surface area contributed by atoms with Gasteiger partial charge in [0, 0.05) is 18.7 Å². The van der Waals surface area contributed by atoms with Crippen LogP contribution >= 0.6 is 0 Å². The largest absolute Gasteiger partial charge is 0.381 e. The Morgan fingerprint density at radius 1 is 1.16 bits per heavy atom. The summed E-state index contributed by atoms with van der Waals surface area (Å²) < 4.78 is 32.2. The quantitative estimate of drug-likeness (QED) is 0.695. The zero-order valence-electron chi connectivity index (χ0n) is 12.0. The average Bonchev–Trinajstić information content (AvgIpc) is 2.33. The molecule has 19 heavy (non-hydrogen) atoms. The molecular weight excluding hydrogens is 264 g/mol. The van der Waals surface area contributed by atoms with Crippen molar-refractivity contribution >= 4 is 10.0 Å². The maximum atomic E-state index is 12.1. The molecule has 0 radical (unpaired) electrons. The first kappa shape index (κ1) is 16.9. The van der Waals surface area contributed by atoms with Crippen molar-refractivity contribution in [1.82, 2.24) is 4.72 Å². The van der Waals surface area contributed by atoms with Crippen molar-refractivity contribution in [2.24, 2.45) is 5.73 Å². The van der Waals surface area contributed by atoms with Crippen molar-refractivity contribution in [2.75, 3.05) is 25.5 Å². The van der Waals surface area contributed by atoms with E-state index in [1.165, 1.54) is 19.3 Å². The van der Waals surface area contributed by atoms with Crippen LogP contribution in [0.3, 0.4) is 0 Å². The lowest BCUT2D eigenvalue weighted by molar-refractivity contribution is 0.163. The van der Waals surface area contributed by atoms with E-state index in [1.54, 1.807) is 0 Å². The molecule has 0 unspecified atom stereocenters. The Morgan fingerprint density at radius 2 is 1.74 bits per heavy atom. The zero-order chi connectivity index (χ0) is 14.2. The van der Waals surface area contributed by atoms with Gasteiger partial charge in [0.25, 0.3) is 0 Å². The molecular formula is C13H28N2O3S. The first-order chi connectivity index (χ1) is 9.04. The van der Waals surface area contributed by atoms with Gasteiger partial charge >= 0.3 is 0 Å². The van der Waals surface area contributed by atoms with Crippen molar-refractivity contribution in [1.29, 1.82) is 0 Å². The summed E-state index contributed by atoms with van der Waals surface area (Å²) in [7, 11) is -3.31. The molecule has 1 saturated carbocycles. The van der Waals surface area contributed by atoms with Gasteiger partial charge in [-0.05, 0) is 19.8 Å². The first-order valence-corrected chi connectivity index (χ1v) is 8.98. The van der Waals surface area contributed by atoms with Crippen molar-refractivity contribution in [3.05, 3.63) is 0 Å². The van der Waals surface area contributed by atoms with E-state index < -0.39 is 15.6 Å². The van der Waals surface area contributed by atoms with E-state index in [4.69, 9.17) is 10.5 Å². The fourth-order valence-electron chi connectivity index (χ4n) is 2.62. The van der Waals surface area contributed by atoms with E-state index in [0.717, 1.165) is 25.7 Å². The highest BCUT2D eigenvalue weighted by Crippen LogP contribution is 2.26. The van der Waals surface area contributed by atoms with E-state index in [2.05, 4.69) is 4.72 Å². The molecule has 0 amide bonds. The Hall–Kier alpha value is -0.170. The van der Waals surface area contributed by atoms with Gasteiger partial charge in [0.2, 0.25) is 10.0 Å². The number of rotatable bonds is 7. The third-order valence-electron chi connectivity index (χ3n) is 3.77. The smallest absolute Gasteiger partial charge is 0.214 e. The van der Waals surface area contributed by atoms with Gasteiger partial charge in [0.05, 0.1) is 12.4 Å². The van der Waals surface area contributed by atoms with Crippen molar-refractivity contribution in [2.45, 2.75) is 57.4 Å². The Labute approximate surface area is 117 Å². The molecule has 6 heteroatoms. The summed E-state index contributed by atoms with van der Waals surface area (Å²) in [6.07, 6.45) is 7.37. The van der Waals surface area contributed by atoms with Gasteiger partial charge in [0.1, 0.15) is 0 Å². The zero-order valence-corrected chi connectivity index (χ0v) is 12.8. The van der Waals surface area contributed by atoms with Crippen LogP contribution in [-0.4, -0.2) is 39.5 Å². The number of hydrogen-bond acceptors (Lipinski definition) is 4. The van der Waals surface area contributed by atoms with E-state index in [0.29, 0.717) is 13.2 Å². The maximum Gasteiger partial charge on any atom is 0.214 e. The Kier molecular flexibility index (Phi) is 7.28. The van der Waals surface area contributed by atoms with Crippen LogP contribution in [0, 0.1) is 0 Å². The first-order valence-electron chi connectivity index (χ1n) is 7.33. The van der Waals surface area contributed by atoms with E-state index >= 15 is 0 Å². The number of nitrogens with one attached hydrogen (secondary N) is 1. The predicted molar refractivity (Wildman–Crippen MR) is 77.5 cm³/mol. The number of hydrogen-bond donors (Lipinski definition) is 2. The van der Waals surface area contributed by atoms with Gasteiger partial charge in [-0.25, -0.2) is 13.1 Å².